The van der Waals surface area contributed by atoms with Gasteiger partial charge in [-0.1, -0.05) is 46.8 Å². The summed E-state index contributed by atoms with van der Waals surface area (Å²) in [6, 6.07) is 5.09. The van der Waals surface area contributed by atoms with Crippen LogP contribution in [0, 0.1) is 79.3 Å². The summed E-state index contributed by atoms with van der Waals surface area (Å²) in [6.07, 6.45) is 13.0. The number of allylic oxidation sites excluding steroid dienone is 3. The fourth-order valence-corrected chi connectivity index (χ4v) is 10.7. The summed E-state index contributed by atoms with van der Waals surface area (Å²) in [5, 5.41) is 20.1. The van der Waals surface area contributed by atoms with Gasteiger partial charge in [0.1, 0.15) is 6.07 Å². The Labute approximate surface area is 200 Å². The van der Waals surface area contributed by atoms with Crippen molar-refractivity contribution >= 4 is 5.78 Å². The van der Waals surface area contributed by atoms with Gasteiger partial charge in [-0.2, -0.15) is 10.5 Å². The van der Waals surface area contributed by atoms with Crippen LogP contribution in [-0.2, 0) is 4.79 Å². The maximum absolute atomic E-state index is 13.1. The quantitative estimate of drug-likeness (QED) is 0.408. The van der Waals surface area contributed by atoms with Gasteiger partial charge < -0.3 is 0 Å². The summed E-state index contributed by atoms with van der Waals surface area (Å²) in [4.78, 5) is 13.1. The first-order valence-electron chi connectivity index (χ1n) is 13.2. The number of carbonyl (C=O) groups excluding carboxylic acids is 1. The van der Waals surface area contributed by atoms with Gasteiger partial charge >= 0.3 is 0 Å². The molecule has 4 fully saturated rings. The zero-order valence-corrected chi connectivity index (χ0v) is 21.2. The van der Waals surface area contributed by atoms with Crippen LogP contribution < -0.4 is 0 Å². The number of Topliss-reactive ketones (excluding diaryl/α,β-unsaturated/α-hetero) is 1. The van der Waals surface area contributed by atoms with E-state index in [-0.39, 0.29) is 33.4 Å². The van der Waals surface area contributed by atoms with Crippen LogP contribution in [0.3, 0.4) is 0 Å². The minimum atomic E-state index is -0.491. The normalized spacial score (nSPS) is 52.2. The van der Waals surface area contributed by atoms with Gasteiger partial charge in [-0.15, -0.1) is 6.58 Å². The molecule has 0 aromatic rings. The second kappa shape index (κ2) is 6.84. The first-order valence-corrected chi connectivity index (χ1v) is 13.2. The molecule has 0 aliphatic heterocycles. The smallest absolute Gasteiger partial charge is 0.178 e. The van der Waals surface area contributed by atoms with E-state index >= 15 is 0 Å². The Morgan fingerprint density at radius 1 is 0.939 bits per heavy atom. The van der Waals surface area contributed by atoms with Crippen LogP contribution in [-0.4, -0.2) is 5.78 Å². The number of hydrogen-bond acceptors (Lipinski definition) is 3. The Bertz CT molecular complexity index is 1020. The highest BCUT2D eigenvalue weighted by molar-refractivity contribution is 6.04. The first kappa shape index (κ1) is 22.9. The van der Waals surface area contributed by atoms with Crippen molar-refractivity contribution < 1.29 is 4.79 Å². The number of nitriles is 2. The molecule has 3 nitrogen and oxygen atoms in total. The lowest BCUT2D eigenvalue weighted by Crippen LogP contribution is -2.65. The van der Waals surface area contributed by atoms with Crippen LogP contribution in [0.2, 0.25) is 0 Å². The molecule has 0 amide bonds. The lowest BCUT2D eigenvalue weighted by Gasteiger charge is -2.71. The first-order chi connectivity index (χ1) is 15.4. The minimum Gasteiger partial charge on any atom is -0.293 e. The number of nitrogens with zero attached hydrogens (tertiary/aromatic N) is 2. The Balaban J connectivity index is 1.62. The van der Waals surface area contributed by atoms with Gasteiger partial charge in [0.05, 0.1) is 17.1 Å². The molecule has 0 saturated heterocycles. The van der Waals surface area contributed by atoms with Crippen molar-refractivity contribution in [2.75, 3.05) is 0 Å². The standard InChI is InChI=1S/C30H40N2O/c1-7-19-10-13-30(18-32)15-14-28(5)21(24(19)30)8-9-23-27(4)16-20(17-31)25(33)26(2,3)22(27)11-12-29(23,28)6/h7,16,19,21-24H,1,8-15H2,2-6H3/t19-,21?,22?,23-,24?,27+,28-,29-,30-/m1/s1. The molecule has 5 rings (SSSR count). The van der Waals surface area contributed by atoms with Crippen LogP contribution in [0.25, 0.3) is 0 Å². The third-order valence-electron chi connectivity index (χ3n) is 12.5. The molecule has 0 spiro atoms. The average Bonchev–Trinajstić information content (AvgIpc) is 3.16. The van der Waals surface area contributed by atoms with Crippen LogP contribution in [0.4, 0.5) is 0 Å². The molecule has 0 radical (unpaired) electrons. The highest BCUT2D eigenvalue weighted by Gasteiger charge is 2.70. The molecule has 0 N–H and O–H groups in total. The topological polar surface area (TPSA) is 64.7 Å². The zero-order valence-electron chi connectivity index (χ0n) is 21.2. The largest absolute Gasteiger partial charge is 0.293 e. The summed E-state index contributed by atoms with van der Waals surface area (Å²) in [5.41, 5.74) is -0.0985. The molecule has 5 aliphatic rings. The highest BCUT2D eigenvalue weighted by Crippen LogP contribution is 2.76. The molecule has 0 aromatic carbocycles. The van der Waals surface area contributed by atoms with Crippen molar-refractivity contribution in [1.29, 1.82) is 10.5 Å². The number of hydrogen-bond donors (Lipinski definition) is 0. The summed E-state index contributed by atoms with van der Waals surface area (Å²) in [7, 11) is 0. The summed E-state index contributed by atoms with van der Waals surface area (Å²) < 4.78 is 0. The zero-order chi connectivity index (χ0) is 24.0. The van der Waals surface area contributed by atoms with Crippen molar-refractivity contribution in [1.82, 2.24) is 0 Å². The van der Waals surface area contributed by atoms with Gasteiger partial charge in [-0.25, -0.2) is 0 Å². The minimum absolute atomic E-state index is 0.0345. The van der Waals surface area contributed by atoms with E-state index in [0.29, 0.717) is 29.2 Å². The Morgan fingerprint density at radius 3 is 2.30 bits per heavy atom. The fraction of sp³-hybridized carbons (Fsp3) is 0.767. The molecule has 0 heterocycles. The van der Waals surface area contributed by atoms with Crippen LogP contribution in [0.15, 0.2) is 24.3 Å². The molecule has 33 heavy (non-hydrogen) atoms. The Kier molecular flexibility index (Phi) is 4.75. The van der Waals surface area contributed by atoms with E-state index in [2.05, 4.69) is 65.5 Å². The van der Waals surface area contributed by atoms with Crippen molar-refractivity contribution in [3.8, 4) is 12.1 Å². The molecule has 0 aromatic heterocycles. The predicted octanol–water partition coefficient (Wildman–Crippen LogP) is 7.02. The summed E-state index contributed by atoms with van der Waals surface area (Å²) in [6.45, 7) is 15.8. The highest BCUT2D eigenvalue weighted by atomic mass is 16.1. The SMILES string of the molecule is C=C[C@@H]1CC[C@]2(C#N)CC[C@]3(C)C(CC[C@@H]4[C@@]5(C)C=C(C#N)C(=O)C(C)(C)C5CC[C@]43C)C12. The molecular weight excluding hydrogens is 404 g/mol. The molecule has 5 aliphatic carbocycles. The third kappa shape index (κ3) is 2.53. The van der Waals surface area contributed by atoms with Gasteiger partial charge in [-0.05, 0) is 97.2 Å². The van der Waals surface area contributed by atoms with E-state index in [1.54, 1.807) is 0 Å². The maximum atomic E-state index is 13.1. The number of carbonyl (C=O) groups is 1. The van der Waals surface area contributed by atoms with Crippen molar-refractivity contribution in [3.63, 3.8) is 0 Å². The van der Waals surface area contributed by atoms with Gasteiger partial charge in [0.2, 0.25) is 0 Å². The monoisotopic (exact) mass is 444 g/mol. The van der Waals surface area contributed by atoms with Gasteiger partial charge in [0.15, 0.2) is 5.78 Å². The second-order valence-corrected chi connectivity index (χ2v) is 13.5. The molecule has 4 saturated carbocycles. The van der Waals surface area contributed by atoms with E-state index < -0.39 is 5.41 Å². The predicted molar refractivity (Wildman–Crippen MR) is 129 cm³/mol. The van der Waals surface area contributed by atoms with Crippen LogP contribution >= 0.6 is 0 Å². The summed E-state index contributed by atoms with van der Waals surface area (Å²) in [5.74, 6) is 2.21. The molecule has 9 atom stereocenters. The van der Waals surface area contributed by atoms with Gasteiger partial charge in [0, 0.05) is 5.41 Å². The fourth-order valence-electron chi connectivity index (χ4n) is 10.7. The van der Waals surface area contributed by atoms with E-state index in [0.717, 1.165) is 51.4 Å². The van der Waals surface area contributed by atoms with E-state index in [9.17, 15) is 15.3 Å². The average molecular weight is 445 g/mol. The van der Waals surface area contributed by atoms with Crippen molar-refractivity contribution in [3.05, 3.63) is 24.3 Å². The second-order valence-electron chi connectivity index (χ2n) is 13.5. The van der Waals surface area contributed by atoms with E-state index in [4.69, 9.17) is 0 Å². The Morgan fingerprint density at radius 2 is 1.67 bits per heavy atom. The van der Waals surface area contributed by atoms with Crippen molar-refractivity contribution in [2.24, 2.45) is 56.7 Å². The van der Waals surface area contributed by atoms with Crippen LogP contribution in [0.1, 0.15) is 86.0 Å². The van der Waals surface area contributed by atoms with E-state index in [1.165, 1.54) is 0 Å². The molecule has 176 valence electrons. The van der Waals surface area contributed by atoms with Gasteiger partial charge in [0.25, 0.3) is 0 Å². The number of ketones is 1. The molecule has 0 bridgehead atoms. The Hall–Kier alpha value is -1.87. The maximum Gasteiger partial charge on any atom is 0.178 e. The lowest BCUT2D eigenvalue weighted by atomic mass is 9.33. The number of fused-ring (bicyclic) bond motifs is 7. The molecule has 3 heteroatoms. The summed E-state index contributed by atoms with van der Waals surface area (Å²) >= 11 is 0. The molecular formula is C30H40N2O. The third-order valence-corrected chi connectivity index (χ3v) is 12.5. The van der Waals surface area contributed by atoms with E-state index in [1.807, 2.05) is 0 Å². The number of rotatable bonds is 1. The van der Waals surface area contributed by atoms with Crippen LogP contribution in [0.5, 0.6) is 0 Å². The molecule has 3 unspecified atom stereocenters. The van der Waals surface area contributed by atoms with Gasteiger partial charge in [-0.3, -0.25) is 4.79 Å². The van der Waals surface area contributed by atoms with Crippen molar-refractivity contribution in [2.45, 2.75) is 86.0 Å². The lowest BCUT2D eigenvalue weighted by molar-refractivity contribution is -0.213.